The van der Waals surface area contributed by atoms with Crippen LogP contribution in [-0.4, -0.2) is 15.0 Å². The minimum absolute atomic E-state index is 0.0413. The van der Waals surface area contributed by atoms with E-state index in [0.717, 1.165) is 34.4 Å². The highest BCUT2D eigenvalue weighted by Gasteiger charge is 2.61. The molecule has 8 aromatic rings. The molecule has 1 heterocycles. The van der Waals surface area contributed by atoms with Crippen LogP contribution in [0.3, 0.4) is 0 Å². The second-order valence-corrected chi connectivity index (χ2v) is 18.8. The fraction of sp³-hybridized carbons (Fsp3) is 0.232. The van der Waals surface area contributed by atoms with Crippen LogP contribution in [0.25, 0.3) is 78.3 Å². The van der Waals surface area contributed by atoms with Gasteiger partial charge < -0.3 is 0 Å². The number of fused-ring (bicyclic) bond motifs is 8. The summed E-state index contributed by atoms with van der Waals surface area (Å²) in [5, 5.41) is 2.71. The first-order chi connectivity index (χ1) is 28.9. The largest absolute Gasteiger partial charge is 0.208 e. The van der Waals surface area contributed by atoms with Crippen molar-refractivity contribution >= 4 is 10.8 Å². The first-order valence-corrected chi connectivity index (χ1v) is 21.8. The molecule has 7 aromatic carbocycles. The molecule has 0 unspecified atom stereocenters. The first-order valence-electron chi connectivity index (χ1n) is 21.8. The van der Waals surface area contributed by atoms with Crippen LogP contribution >= 0.6 is 0 Å². The van der Waals surface area contributed by atoms with Gasteiger partial charge in [-0.15, -0.1) is 0 Å². The summed E-state index contributed by atoms with van der Waals surface area (Å²) in [7, 11) is 0. The van der Waals surface area contributed by atoms with E-state index in [2.05, 4.69) is 166 Å². The van der Waals surface area contributed by atoms with E-state index in [1.54, 1.807) is 5.56 Å². The standard InChI is InChI=1S/C56H45N3/c1-55(2)47-18-9-8-15-44(47)45-17-10-16-43(51(45)55)36-19-21-38(22-20-36)53-57-52(37-12-4-3-5-13-37)58-54(59-53)39-23-25-46-49(32-39)56(40-28-33-27-34(30-40)31-41(56)29-33)48-26-24-35-11-6-7-14-42(35)50(46)48/h3-26,32-34,40-41H,27-31H2,1-2H3. The SMILES string of the molecule is CC1(C)c2ccccc2-c2cccc(-c3ccc(-c4nc(-c5ccccc5)nc(-c5ccc6c(c5)C5(c7ccc8ccccc8c7-6)C6CC7CC(C6)CC5C7)n4)cc3)c21. The third kappa shape index (κ3) is 4.68. The Kier molecular flexibility index (Phi) is 6.96. The number of hydrogen-bond donors (Lipinski definition) is 0. The third-order valence-electron chi connectivity index (χ3n) is 15.5. The highest BCUT2D eigenvalue weighted by Crippen LogP contribution is 2.70. The van der Waals surface area contributed by atoms with E-state index in [1.165, 1.54) is 92.9 Å². The van der Waals surface area contributed by atoms with Crippen molar-refractivity contribution in [2.75, 3.05) is 0 Å². The number of rotatable bonds is 4. The molecule has 4 saturated carbocycles. The number of nitrogens with zero attached hydrogens (tertiary/aromatic N) is 3. The molecule has 1 aromatic heterocycles. The van der Waals surface area contributed by atoms with Gasteiger partial charge in [-0.3, -0.25) is 0 Å². The Bertz CT molecular complexity index is 3000. The van der Waals surface area contributed by atoms with Crippen LogP contribution in [-0.2, 0) is 10.8 Å². The topological polar surface area (TPSA) is 38.7 Å². The summed E-state index contributed by atoms with van der Waals surface area (Å²) in [4.78, 5) is 15.8. The third-order valence-corrected chi connectivity index (χ3v) is 15.5. The molecule has 1 spiro atoms. The first kappa shape index (κ1) is 33.7. The molecule has 0 amide bonds. The fourth-order valence-corrected chi connectivity index (χ4v) is 13.3. The van der Waals surface area contributed by atoms with E-state index in [0.29, 0.717) is 23.5 Å². The zero-order valence-electron chi connectivity index (χ0n) is 33.6. The number of benzene rings is 7. The summed E-state index contributed by atoms with van der Waals surface area (Å²) in [5.74, 6) is 5.26. The van der Waals surface area contributed by atoms with Gasteiger partial charge in [0.05, 0.1) is 0 Å². The second kappa shape index (κ2) is 12.2. The zero-order valence-corrected chi connectivity index (χ0v) is 33.6. The monoisotopic (exact) mass is 759 g/mol. The van der Waals surface area contributed by atoms with Gasteiger partial charge in [0.2, 0.25) is 0 Å². The van der Waals surface area contributed by atoms with E-state index in [4.69, 9.17) is 15.0 Å². The van der Waals surface area contributed by atoms with E-state index in [-0.39, 0.29) is 10.8 Å². The summed E-state index contributed by atoms with van der Waals surface area (Å²) in [6.07, 6.45) is 6.84. The highest BCUT2D eigenvalue weighted by molar-refractivity contribution is 6.03. The van der Waals surface area contributed by atoms with Crippen LogP contribution < -0.4 is 0 Å². The number of hydrogen-bond acceptors (Lipinski definition) is 3. The predicted octanol–water partition coefficient (Wildman–Crippen LogP) is 13.7. The summed E-state index contributed by atoms with van der Waals surface area (Å²) in [6, 6.07) is 56.1. The van der Waals surface area contributed by atoms with Crippen molar-refractivity contribution < 1.29 is 0 Å². The quantitative estimate of drug-likeness (QED) is 0.179. The van der Waals surface area contributed by atoms with Gasteiger partial charge >= 0.3 is 0 Å². The molecular weight excluding hydrogens is 715 g/mol. The maximum absolute atomic E-state index is 5.34. The van der Waals surface area contributed by atoms with Crippen molar-refractivity contribution in [3.8, 4) is 67.5 Å². The molecule has 3 heteroatoms. The van der Waals surface area contributed by atoms with Crippen molar-refractivity contribution in [3.63, 3.8) is 0 Å². The molecule has 0 atom stereocenters. The number of aromatic nitrogens is 3. The summed E-state index contributed by atoms with van der Waals surface area (Å²) in [5.41, 5.74) is 16.9. The smallest absolute Gasteiger partial charge is 0.164 e. The Balaban J connectivity index is 0.956. The molecule has 4 fully saturated rings. The molecule has 0 aliphatic heterocycles. The van der Waals surface area contributed by atoms with E-state index in [9.17, 15) is 0 Å². The average molecular weight is 760 g/mol. The van der Waals surface area contributed by atoms with Crippen LogP contribution in [0, 0.1) is 23.7 Å². The minimum Gasteiger partial charge on any atom is -0.208 e. The summed E-state index contributed by atoms with van der Waals surface area (Å²) >= 11 is 0. The van der Waals surface area contributed by atoms with E-state index < -0.39 is 0 Å². The lowest BCUT2D eigenvalue weighted by molar-refractivity contribution is -0.0399. The Morgan fingerprint density at radius 2 is 1.02 bits per heavy atom. The maximum atomic E-state index is 5.34. The molecule has 0 N–H and O–H groups in total. The van der Waals surface area contributed by atoms with Crippen molar-refractivity contribution in [2.45, 2.75) is 56.8 Å². The molecule has 6 aliphatic rings. The normalized spacial score (nSPS) is 23.6. The Morgan fingerprint density at radius 1 is 0.424 bits per heavy atom. The van der Waals surface area contributed by atoms with Gasteiger partial charge in [0.15, 0.2) is 17.5 Å². The summed E-state index contributed by atoms with van der Waals surface area (Å²) in [6.45, 7) is 4.72. The zero-order chi connectivity index (χ0) is 39.0. The lowest BCUT2D eigenvalue weighted by atomic mass is 9.43. The molecule has 0 radical (unpaired) electrons. The molecule has 0 saturated heterocycles. The van der Waals surface area contributed by atoms with Gasteiger partial charge in [-0.05, 0) is 128 Å². The predicted molar refractivity (Wildman–Crippen MR) is 240 cm³/mol. The maximum Gasteiger partial charge on any atom is 0.164 e. The summed E-state index contributed by atoms with van der Waals surface area (Å²) < 4.78 is 0. The van der Waals surface area contributed by atoms with Crippen LogP contribution in [0.4, 0.5) is 0 Å². The molecule has 6 aliphatic carbocycles. The van der Waals surface area contributed by atoms with Gasteiger partial charge in [-0.2, -0.15) is 0 Å². The van der Waals surface area contributed by atoms with Crippen molar-refractivity contribution in [3.05, 3.63) is 174 Å². The van der Waals surface area contributed by atoms with E-state index >= 15 is 0 Å². The lowest BCUT2D eigenvalue weighted by Crippen LogP contribution is -2.55. The van der Waals surface area contributed by atoms with E-state index in [1.807, 2.05) is 0 Å². The molecule has 3 nitrogen and oxygen atoms in total. The minimum atomic E-state index is -0.0888. The van der Waals surface area contributed by atoms with Crippen molar-refractivity contribution in [1.29, 1.82) is 0 Å². The van der Waals surface area contributed by atoms with Gasteiger partial charge in [-0.25, -0.2) is 15.0 Å². The molecule has 284 valence electrons. The van der Waals surface area contributed by atoms with Crippen LogP contribution in [0.15, 0.2) is 152 Å². The van der Waals surface area contributed by atoms with Crippen LogP contribution in [0.5, 0.6) is 0 Å². The molecular formula is C56H45N3. The highest BCUT2D eigenvalue weighted by atomic mass is 15.0. The van der Waals surface area contributed by atoms with Gasteiger partial charge in [0.25, 0.3) is 0 Å². The fourth-order valence-electron chi connectivity index (χ4n) is 13.3. The Hall–Kier alpha value is -6.19. The van der Waals surface area contributed by atoms with Crippen molar-refractivity contribution in [2.24, 2.45) is 23.7 Å². The van der Waals surface area contributed by atoms with Crippen molar-refractivity contribution in [1.82, 2.24) is 15.0 Å². The molecule has 59 heavy (non-hydrogen) atoms. The van der Waals surface area contributed by atoms with Crippen LogP contribution in [0.1, 0.15) is 68.2 Å². The Morgan fingerprint density at radius 3 is 1.78 bits per heavy atom. The second-order valence-electron chi connectivity index (χ2n) is 18.8. The average Bonchev–Trinajstić information content (AvgIpc) is 3.71. The lowest BCUT2D eigenvalue weighted by Gasteiger charge is -2.61. The molecule has 14 rings (SSSR count). The molecule has 4 bridgehead atoms. The van der Waals surface area contributed by atoms with Gasteiger partial charge in [-0.1, -0.05) is 159 Å². The van der Waals surface area contributed by atoms with Crippen LogP contribution in [0.2, 0.25) is 0 Å². The van der Waals surface area contributed by atoms with Gasteiger partial charge in [0, 0.05) is 27.5 Å². The Labute approximate surface area is 346 Å². The van der Waals surface area contributed by atoms with Gasteiger partial charge in [0.1, 0.15) is 0 Å².